The van der Waals surface area contributed by atoms with Crippen LogP contribution >= 0.6 is 38.6 Å². The van der Waals surface area contributed by atoms with Gasteiger partial charge in [0.1, 0.15) is 4.21 Å². The molecule has 1 aliphatic rings. The molecule has 9 heteroatoms. The summed E-state index contributed by atoms with van der Waals surface area (Å²) in [5.74, 6) is -0.00730. The van der Waals surface area contributed by atoms with Crippen molar-refractivity contribution in [1.29, 1.82) is 0 Å². The van der Waals surface area contributed by atoms with Crippen molar-refractivity contribution in [2.24, 2.45) is 0 Å². The summed E-state index contributed by atoms with van der Waals surface area (Å²) in [6.45, 7) is 5.48. The summed E-state index contributed by atoms with van der Waals surface area (Å²) in [6, 6.07) is 5.26. The maximum Gasteiger partial charge on any atom is 0.264 e. The standard InChI is InChI=1S/C15H17BrN2O3S3/c1-10-9-12(22-11(10)2)15(19)17-5-7-18(8-6-17)24(20,21)14-4-3-13(16)23-14/h3-4,9H,5-8H2,1-2H3. The topological polar surface area (TPSA) is 57.7 Å². The molecule has 0 aliphatic carbocycles. The molecule has 0 radical (unpaired) electrons. The largest absolute Gasteiger partial charge is 0.335 e. The van der Waals surface area contributed by atoms with Gasteiger partial charge in [0.25, 0.3) is 15.9 Å². The molecule has 0 spiro atoms. The molecule has 0 aromatic carbocycles. The van der Waals surface area contributed by atoms with Crippen molar-refractivity contribution >= 4 is 54.5 Å². The SMILES string of the molecule is Cc1cc(C(=O)N2CCN(S(=O)(=O)c3ccc(Br)s3)CC2)sc1C. The lowest BCUT2D eigenvalue weighted by molar-refractivity contribution is 0.0703. The highest BCUT2D eigenvalue weighted by atomic mass is 79.9. The van der Waals surface area contributed by atoms with Crippen molar-refractivity contribution in [3.05, 3.63) is 37.3 Å². The number of amides is 1. The number of carbonyl (C=O) groups excluding carboxylic acids is 1. The van der Waals surface area contributed by atoms with E-state index < -0.39 is 10.0 Å². The van der Waals surface area contributed by atoms with E-state index in [0.29, 0.717) is 30.4 Å². The van der Waals surface area contributed by atoms with E-state index in [1.54, 1.807) is 17.0 Å². The van der Waals surface area contributed by atoms with Crippen molar-refractivity contribution in [3.63, 3.8) is 0 Å². The molecular formula is C15H17BrN2O3S3. The van der Waals surface area contributed by atoms with Crippen LogP contribution in [0.15, 0.2) is 26.2 Å². The molecule has 24 heavy (non-hydrogen) atoms. The summed E-state index contributed by atoms with van der Waals surface area (Å²) in [6.07, 6.45) is 0. The van der Waals surface area contributed by atoms with E-state index in [1.807, 2.05) is 19.9 Å². The zero-order valence-electron chi connectivity index (χ0n) is 13.3. The highest BCUT2D eigenvalue weighted by Gasteiger charge is 2.31. The van der Waals surface area contributed by atoms with Gasteiger partial charge in [0.2, 0.25) is 0 Å². The number of hydrogen-bond acceptors (Lipinski definition) is 5. The minimum Gasteiger partial charge on any atom is -0.335 e. The third-order valence-corrected chi connectivity index (χ3v) is 9.18. The second kappa shape index (κ2) is 6.87. The zero-order valence-corrected chi connectivity index (χ0v) is 17.3. The van der Waals surface area contributed by atoms with Crippen molar-refractivity contribution in [2.45, 2.75) is 18.1 Å². The second-order valence-electron chi connectivity index (χ2n) is 5.60. The molecule has 3 rings (SSSR count). The monoisotopic (exact) mass is 448 g/mol. The van der Waals surface area contributed by atoms with Gasteiger partial charge in [-0.2, -0.15) is 4.31 Å². The Bertz CT molecular complexity index is 845. The van der Waals surface area contributed by atoms with Crippen LogP contribution in [0.25, 0.3) is 0 Å². The molecule has 3 heterocycles. The highest BCUT2D eigenvalue weighted by molar-refractivity contribution is 9.11. The van der Waals surface area contributed by atoms with Crippen LogP contribution in [0.5, 0.6) is 0 Å². The molecule has 1 aliphatic heterocycles. The van der Waals surface area contributed by atoms with E-state index in [-0.39, 0.29) is 5.91 Å². The molecule has 5 nitrogen and oxygen atoms in total. The van der Waals surface area contributed by atoms with Crippen LogP contribution in [0.2, 0.25) is 0 Å². The van der Waals surface area contributed by atoms with Crippen LogP contribution in [0, 0.1) is 13.8 Å². The van der Waals surface area contributed by atoms with E-state index in [0.717, 1.165) is 19.1 Å². The first-order valence-electron chi connectivity index (χ1n) is 7.41. The van der Waals surface area contributed by atoms with Crippen LogP contribution in [0.4, 0.5) is 0 Å². The van der Waals surface area contributed by atoms with Gasteiger partial charge in [-0.05, 0) is 53.5 Å². The molecule has 0 atom stereocenters. The first kappa shape index (κ1) is 18.1. The van der Waals surface area contributed by atoms with Crippen molar-refractivity contribution in [2.75, 3.05) is 26.2 Å². The number of halogens is 1. The normalized spacial score (nSPS) is 16.5. The molecule has 2 aromatic heterocycles. The summed E-state index contributed by atoms with van der Waals surface area (Å²) in [5, 5.41) is 0. The number of piperazine rings is 1. The van der Waals surface area contributed by atoms with Gasteiger partial charge in [-0.3, -0.25) is 4.79 Å². The molecule has 2 aromatic rings. The van der Waals surface area contributed by atoms with Crippen molar-refractivity contribution in [1.82, 2.24) is 9.21 Å². The van der Waals surface area contributed by atoms with Crippen LogP contribution in [-0.2, 0) is 10.0 Å². The lowest BCUT2D eigenvalue weighted by Gasteiger charge is -2.33. The maximum atomic E-state index is 12.6. The summed E-state index contributed by atoms with van der Waals surface area (Å²) >= 11 is 5.99. The predicted octanol–water partition coefficient (Wildman–Crippen LogP) is 3.34. The van der Waals surface area contributed by atoms with Crippen LogP contribution in [0.3, 0.4) is 0 Å². The Morgan fingerprint density at radius 1 is 1.12 bits per heavy atom. The van der Waals surface area contributed by atoms with Gasteiger partial charge in [0, 0.05) is 31.1 Å². The number of carbonyl (C=O) groups is 1. The Morgan fingerprint density at radius 3 is 2.29 bits per heavy atom. The first-order chi connectivity index (χ1) is 11.3. The van der Waals surface area contributed by atoms with Gasteiger partial charge in [-0.1, -0.05) is 0 Å². The van der Waals surface area contributed by atoms with Gasteiger partial charge in [0.15, 0.2) is 0 Å². The van der Waals surface area contributed by atoms with Crippen LogP contribution < -0.4 is 0 Å². The number of sulfonamides is 1. The smallest absolute Gasteiger partial charge is 0.264 e. The number of rotatable bonds is 3. The third-order valence-electron chi connectivity index (χ3n) is 4.05. The first-order valence-corrected chi connectivity index (χ1v) is 11.3. The van der Waals surface area contributed by atoms with E-state index in [1.165, 1.54) is 27.0 Å². The molecule has 0 saturated carbocycles. The van der Waals surface area contributed by atoms with Crippen LogP contribution in [0.1, 0.15) is 20.1 Å². The van der Waals surface area contributed by atoms with Gasteiger partial charge in [-0.25, -0.2) is 8.42 Å². The van der Waals surface area contributed by atoms with Gasteiger partial charge < -0.3 is 4.90 Å². The fourth-order valence-electron chi connectivity index (χ4n) is 2.53. The van der Waals surface area contributed by atoms with Gasteiger partial charge >= 0.3 is 0 Å². The predicted molar refractivity (Wildman–Crippen MR) is 100 cm³/mol. The Labute approximate surface area is 158 Å². The van der Waals surface area contributed by atoms with Gasteiger partial charge in [0.05, 0.1) is 8.66 Å². The summed E-state index contributed by atoms with van der Waals surface area (Å²) in [4.78, 5) is 16.2. The minimum atomic E-state index is -3.47. The van der Waals surface area contributed by atoms with E-state index >= 15 is 0 Å². The Balaban J connectivity index is 1.68. The summed E-state index contributed by atoms with van der Waals surface area (Å²) in [5.41, 5.74) is 1.12. The average Bonchev–Trinajstić information content (AvgIpc) is 3.13. The number of aryl methyl sites for hydroxylation is 2. The molecule has 0 bridgehead atoms. The Kier molecular flexibility index (Phi) is 5.17. The second-order valence-corrected chi connectivity index (χ2v) is 11.5. The fourth-order valence-corrected chi connectivity index (χ4v) is 7.12. The van der Waals surface area contributed by atoms with E-state index in [9.17, 15) is 13.2 Å². The maximum absolute atomic E-state index is 12.6. The van der Waals surface area contributed by atoms with E-state index in [2.05, 4.69) is 15.9 Å². The number of hydrogen-bond donors (Lipinski definition) is 0. The number of thiophene rings is 2. The number of nitrogens with zero attached hydrogens (tertiary/aromatic N) is 2. The average molecular weight is 449 g/mol. The molecule has 0 N–H and O–H groups in total. The highest BCUT2D eigenvalue weighted by Crippen LogP contribution is 2.29. The van der Waals surface area contributed by atoms with Crippen molar-refractivity contribution in [3.8, 4) is 0 Å². The quantitative estimate of drug-likeness (QED) is 0.723. The third kappa shape index (κ3) is 3.45. The summed E-state index contributed by atoms with van der Waals surface area (Å²) < 4.78 is 27.8. The molecule has 0 unspecified atom stereocenters. The Hall–Kier alpha value is -0.740. The fraction of sp³-hybridized carbons (Fsp3) is 0.400. The Morgan fingerprint density at radius 2 is 1.79 bits per heavy atom. The van der Waals surface area contributed by atoms with Crippen molar-refractivity contribution < 1.29 is 13.2 Å². The van der Waals surface area contributed by atoms with Gasteiger partial charge in [-0.15, -0.1) is 22.7 Å². The van der Waals surface area contributed by atoms with Crippen LogP contribution in [-0.4, -0.2) is 49.7 Å². The minimum absolute atomic E-state index is 0.00730. The molecule has 1 saturated heterocycles. The molecule has 1 amide bonds. The lowest BCUT2D eigenvalue weighted by atomic mass is 10.2. The zero-order chi connectivity index (χ0) is 17.5. The summed E-state index contributed by atoms with van der Waals surface area (Å²) in [7, 11) is -3.47. The molecule has 1 fully saturated rings. The molecular weight excluding hydrogens is 432 g/mol. The molecule has 130 valence electrons. The van der Waals surface area contributed by atoms with E-state index in [4.69, 9.17) is 0 Å². The lowest BCUT2D eigenvalue weighted by Crippen LogP contribution is -2.50.